The number of benzene rings is 1. The van der Waals surface area contributed by atoms with Gasteiger partial charge in [0.2, 0.25) is 0 Å². The molecule has 1 aliphatic heterocycles. The van der Waals surface area contributed by atoms with Crippen LogP contribution in [0.5, 0.6) is 0 Å². The van der Waals surface area contributed by atoms with Crippen LogP contribution in [0.15, 0.2) is 18.2 Å². The maximum Gasteiger partial charge on any atom is 0.293 e. The van der Waals surface area contributed by atoms with E-state index in [0.717, 1.165) is 23.1 Å². The average molecular weight is 347 g/mol. The Bertz CT molecular complexity index is 439. The lowest BCUT2D eigenvalue weighted by atomic mass is 10.1. The van der Waals surface area contributed by atoms with Gasteiger partial charge in [-0.2, -0.15) is 0 Å². The predicted molar refractivity (Wildman–Crippen MR) is 75.2 cm³/mol. The molecule has 1 aliphatic rings. The zero-order valence-corrected chi connectivity index (χ0v) is 11.5. The van der Waals surface area contributed by atoms with Crippen molar-refractivity contribution in [1.29, 1.82) is 0 Å². The molecule has 0 amide bonds. The summed E-state index contributed by atoms with van der Waals surface area (Å²) in [6.07, 6.45) is 1.01. The molecule has 1 fully saturated rings. The number of anilines is 1. The maximum atomic E-state index is 11.0. The third kappa shape index (κ3) is 2.68. The van der Waals surface area contributed by atoms with E-state index < -0.39 is 0 Å². The van der Waals surface area contributed by atoms with E-state index in [9.17, 15) is 10.1 Å². The lowest BCUT2D eigenvalue weighted by molar-refractivity contribution is -0.384. The van der Waals surface area contributed by atoms with Crippen LogP contribution in [0.3, 0.4) is 0 Å². The molecule has 2 N–H and O–H groups in total. The third-order valence-corrected chi connectivity index (χ3v) is 3.77. The first-order valence-electron chi connectivity index (χ1n) is 5.50. The highest BCUT2D eigenvalue weighted by molar-refractivity contribution is 14.1. The largest absolute Gasteiger partial charge is 0.366 e. The molecule has 1 aromatic carbocycles. The summed E-state index contributed by atoms with van der Waals surface area (Å²) in [6.45, 7) is 2.32. The summed E-state index contributed by atoms with van der Waals surface area (Å²) in [5.74, 6) is 0.453. The van der Waals surface area contributed by atoms with Gasteiger partial charge in [-0.05, 0) is 53.6 Å². The average Bonchev–Trinajstić information content (AvgIpc) is 2.77. The second-order valence-electron chi connectivity index (χ2n) is 4.23. The zero-order valence-electron chi connectivity index (χ0n) is 9.30. The quantitative estimate of drug-likeness (QED) is 0.516. The fourth-order valence-corrected chi connectivity index (χ4v) is 2.63. The summed E-state index contributed by atoms with van der Waals surface area (Å²) in [6, 6.07) is 5.35. The monoisotopic (exact) mass is 347 g/mol. The molecule has 0 radical (unpaired) electrons. The molecule has 6 heteroatoms. The van der Waals surface area contributed by atoms with Gasteiger partial charge in [0.05, 0.1) is 4.92 Å². The van der Waals surface area contributed by atoms with Crippen LogP contribution in [-0.4, -0.2) is 24.6 Å². The van der Waals surface area contributed by atoms with Crippen molar-refractivity contribution >= 4 is 34.0 Å². The smallest absolute Gasteiger partial charge is 0.293 e. The number of nitro groups is 1. The molecular weight excluding hydrogens is 333 g/mol. The zero-order chi connectivity index (χ0) is 12.4. The van der Waals surface area contributed by atoms with Crippen molar-refractivity contribution in [2.24, 2.45) is 11.7 Å². The maximum absolute atomic E-state index is 11.0. The van der Waals surface area contributed by atoms with Gasteiger partial charge in [0.1, 0.15) is 5.69 Å². The Balaban J connectivity index is 2.29. The van der Waals surface area contributed by atoms with Crippen molar-refractivity contribution in [2.45, 2.75) is 6.42 Å². The Labute approximate surface area is 113 Å². The fourth-order valence-electron chi connectivity index (χ4n) is 2.15. The van der Waals surface area contributed by atoms with E-state index in [2.05, 4.69) is 27.5 Å². The van der Waals surface area contributed by atoms with Crippen LogP contribution in [0, 0.1) is 19.6 Å². The van der Waals surface area contributed by atoms with Gasteiger partial charge in [-0.1, -0.05) is 0 Å². The predicted octanol–water partition coefficient (Wildman–Crippen LogP) is 1.98. The summed E-state index contributed by atoms with van der Waals surface area (Å²) in [7, 11) is 0. The summed E-state index contributed by atoms with van der Waals surface area (Å²) in [5, 5.41) is 11.0. The molecule has 1 atom stereocenters. The normalized spacial score (nSPS) is 19.6. The van der Waals surface area contributed by atoms with Crippen molar-refractivity contribution in [1.82, 2.24) is 0 Å². The highest BCUT2D eigenvalue weighted by Gasteiger charge is 2.26. The van der Waals surface area contributed by atoms with Gasteiger partial charge >= 0.3 is 0 Å². The number of hydrogen-bond acceptors (Lipinski definition) is 4. The van der Waals surface area contributed by atoms with E-state index in [1.54, 1.807) is 6.07 Å². The van der Waals surface area contributed by atoms with Gasteiger partial charge < -0.3 is 10.6 Å². The molecule has 0 bridgehead atoms. The number of nitro benzene ring substituents is 1. The summed E-state index contributed by atoms with van der Waals surface area (Å²) in [4.78, 5) is 12.8. The summed E-state index contributed by atoms with van der Waals surface area (Å²) in [5.41, 5.74) is 6.54. The molecule has 1 heterocycles. The van der Waals surface area contributed by atoms with Crippen LogP contribution >= 0.6 is 22.6 Å². The van der Waals surface area contributed by atoms with E-state index in [1.807, 2.05) is 12.1 Å². The van der Waals surface area contributed by atoms with Crippen molar-refractivity contribution in [3.8, 4) is 0 Å². The van der Waals surface area contributed by atoms with Gasteiger partial charge in [-0.15, -0.1) is 0 Å². The van der Waals surface area contributed by atoms with Crippen LogP contribution < -0.4 is 10.6 Å². The van der Waals surface area contributed by atoms with Crippen LogP contribution in [0.1, 0.15) is 6.42 Å². The highest BCUT2D eigenvalue weighted by atomic mass is 127. The van der Waals surface area contributed by atoms with E-state index in [4.69, 9.17) is 5.73 Å². The molecule has 2 rings (SSSR count). The molecule has 0 aliphatic carbocycles. The summed E-state index contributed by atoms with van der Waals surface area (Å²) < 4.78 is 0.882. The van der Waals surface area contributed by atoms with Crippen LogP contribution in [0.4, 0.5) is 11.4 Å². The van der Waals surface area contributed by atoms with E-state index in [1.165, 1.54) is 0 Å². The molecule has 0 saturated carbocycles. The lowest BCUT2D eigenvalue weighted by Crippen LogP contribution is -2.23. The third-order valence-electron chi connectivity index (χ3n) is 3.09. The van der Waals surface area contributed by atoms with E-state index >= 15 is 0 Å². The molecule has 1 aromatic rings. The topological polar surface area (TPSA) is 72.4 Å². The van der Waals surface area contributed by atoms with Crippen molar-refractivity contribution < 1.29 is 4.92 Å². The minimum Gasteiger partial charge on any atom is -0.366 e. The van der Waals surface area contributed by atoms with Crippen LogP contribution in [-0.2, 0) is 0 Å². The molecule has 5 nitrogen and oxygen atoms in total. The molecule has 17 heavy (non-hydrogen) atoms. The minimum absolute atomic E-state index is 0.189. The van der Waals surface area contributed by atoms with Gasteiger partial charge in [-0.25, -0.2) is 0 Å². The van der Waals surface area contributed by atoms with E-state index in [0.29, 0.717) is 18.2 Å². The number of hydrogen-bond donors (Lipinski definition) is 1. The minimum atomic E-state index is -0.312. The Morgan fingerprint density at radius 3 is 2.94 bits per heavy atom. The van der Waals surface area contributed by atoms with Crippen LogP contribution in [0.2, 0.25) is 0 Å². The van der Waals surface area contributed by atoms with E-state index in [-0.39, 0.29) is 10.6 Å². The lowest BCUT2D eigenvalue weighted by Gasteiger charge is -2.18. The SMILES string of the molecule is NC[C@H]1CCN(c2ccc(I)cc2[N+](=O)[O-])C1. The first-order valence-corrected chi connectivity index (χ1v) is 6.58. The number of halogens is 1. The van der Waals surface area contributed by atoms with Crippen LogP contribution in [0.25, 0.3) is 0 Å². The molecule has 0 spiro atoms. The first kappa shape index (κ1) is 12.6. The van der Waals surface area contributed by atoms with Crippen molar-refractivity contribution in [2.75, 3.05) is 24.5 Å². The Morgan fingerprint density at radius 2 is 2.35 bits per heavy atom. The molecule has 1 saturated heterocycles. The molecule has 0 aromatic heterocycles. The first-order chi connectivity index (χ1) is 8.11. The Kier molecular flexibility index (Phi) is 3.82. The second-order valence-corrected chi connectivity index (χ2v) is 5.47. The molecular formula is C11H14IN3O2. The van der Waals surface area contributed by atoms with Crippen molar-refractivity contribution in [3.63, 3.8) is 0 Å². The summed E-state index contributed by atoms with van der Waals surface area (Å²) >= 11 is 2.09. The highest BCUT2D eigenvalue weighted by Crippen LogP contribution is 2.33. The molecule has 92 valence electrons. The van der Waals surface area contributed by atoms with Gasteiger partial charge in [0.25, 0.3) is 5.69 Å². The van der Waals surface area contributed by atoms with Gasteiger partial charge in [-0.3, -0.25) is 10.1 Å². The number of nitrogens with zero attached hydrogens (tertiary/aromatic N) is 2. The Hall–Kier alpha value is -0.890. The van der Waals surface area contributed by atoms with Gasteiger partial charge in [0.15, 0.2) is 0 Å². The van der Waals surface area contributed by atoms with Gasteiger partial charge in [0, 0.05) is 22.7 Å². The fraction of sp³-hybridized carbons (Fsp3) is 0.455. The second kappa shape index (κ2) is 5.18. The molecule has 0 unspecified atom stereocenters. The van der Waals surface area contributed by atoms with Crippen molar-refractivity contribution in [3.05, 3.63) is 31.9 Å². The number of nitrogens with two attached hydrogens (primary N) is 1. The standard InChI is InChI=1S/C11H14IN3O2/c12-9-1-2-10(11(5-9)15(16)17)14-4-3-8(6-13)7-14/h1-2,5,8H,3-4,6-7,13H2/t8-/m1/s1. The Morgan fingerprint density at radius 1 is 1.59 bits per heavy atom. The number of rotatable bonds is 3.